The molecule has 6 nitrogen and oxygen atoms in total. The Labute approximate surface area is 213 Å². The zero-order valence-corrected chi connectivity index (χ0v) is 20.7. The Bertz CT molecular complexity index is 1130. The maximum atomic E-state index is 13.2. The SMILES string of the molecule is CCCN(C(=O)c1ccccc1)[C@H](C#N)c1ccc([C@@H](C#N)N(CCC)C(=O)c2ccccc2)cc1. The molecule has 0 saturated heterocycles. The van der Waals surface area contributed by atoms with Crippen molar-refractivity contribution in [3.8, 4) is 12.1 Å². The van der Waals surface area contributed by atoms with Crippen LogP contribution in [0.15, 0.2) is 84.9 Å². The van der Waals surface area contributed by atoms with Gasteiger partial charge in [0.15, 0.2) is 0 Å². The zero-order valence-electron chi connectivity index (χ0n) is 20.7. The molecule has 0 spiro atoms. The van der Waals surface area contributed by atoms with Crippen LogP contribution in [0.4, 0.5) is 0 Å². The van der Waals surface area contributed by atoms with Gasteiger partial charge in [0.05, 0.1) is 12.1 Å². The standard InChI is InChI=1S/C30H30N4O2/c1-3-19-33(29(35)25-11-7-5-8-12-25)27(21-31)23-15-17-24(18-16-23)28(22-32)34(20-4-2)30(36)26-13-9-6-10-14-26/h5-18,27-28H,3-4,19-20H2,1-2H3/t27-,28-/m1/s1. The van der Waals surface area contributed by atoms with Crippen molar-refractivity contribution in [3.63, 3.8) is 0 Å². The van der Waals surface area contributed by atoms with Crippen molar-refractivity contribution in [2.45, 2.75) is 38.8 Å². The lowest BCUT2D eigenvalue weighted by Crippen LogP contribution is -2.35. The Morgan fingerprint density at radius 1 is 0.639 bits per heavy atom. The summed E-state index contributed by atoms with van der Waals surface area (Å²) in [6.45, 7) is 4.80. The van der Waals surface area contributed by atoms with Crippen LogP contribution >= 0.6 is 0 Å². The van der Waals surface area contributed by atoms with E-state index in [1.807, 2.05) is 26.0 Å². The summed E-state index contributed by atoms with van der Waals surface area (Å²) in [5.41, 5.74) is 2.38. The van der Waals surface area contributed by atoms with Crippen LogP contribution in [0.1, 0.15) is 70.6 Å². The third kappa shape index (κ3) is 5.98. The van der Waals surface area contributed by atoms with Crippen LogP contribution in [0.25, 0.3) is 0 Å². The van der Waals surface area contributed by atoms with E-state index >= 15 is 0 Å². The van der Waals surface area contributed by atoms with E-state index in [4.69, 9.17) is 0 Å². The molecule has 2 atom stereocenters. The van der Waals surface area contributed by atoms with E-state index in [-0.39, 0.29) is 11.8 Å². The molecular weight excluding hydrogens is 448 g/mol. The van der Waals surface area contributed by atoms with Crippen molar-refractivity contribution in [3.05, 3.63) is 107 Å². The first kappa shape index (κ1) is 26.2. The van der Waals surface area contributed by atoms with Gasteiger partial charge in [0, 0.05) is 24.2 Å². The fourth-order valence-electron chi connectivity index (χ4n) is 4.18. The Morgan fingerprint density at radius 2 is 0.972 bits per heavy atom. The van der Waals surface area contributed by atoms with Gasteiger partial charge in [0.1, 0.15) is 12.1 Å². The quantitative estimate of drug-likeness (QED) is 0.362. The first-order chi connectivity index (χ1) is 17.5. The molecule has 0 aliphatic carbocycles. The van der Waals surface area contributed by atoms with Gasteiger partial charge in [0.25, 0.3) is 11.8 Å². The second kappa shape index (κ2) is 12.9. The number of amides is 2. The molecule has 0 saturated carbocycles. The van der Waals surface area contributed by atoms with Crippen LogP contribution in [0.3, 0.4) is 0 Å². The van der Waals surface area contributed by atoms with Crippen LogP contribution in [-0.2, 0) is 0 Å². The van der Waals surface area contributed by atoms with E-state index in [2.05, 4.69) is 12.1 Å². The lowest BCUT2D eigenvalue weighted by molar-refractivity contribution is 0.0707. The number of carbonyl (C=O) groups is 2. The smallest absolute Gasteiger partial charge is 0.255 e. The average molecular weight is 479 g/mol. The Balaban J connectivity index is 1.90. The molecule has 3 aromatic rings. The maximum absolute atomic E-state index is 13.2. The van der Waals surface area contributed by atoms with Crippen LogP contribution in [-0.4, -0.2) is 34.7 Å². The van der Waals surface area contributed by atoms with Crippen molar-refractivity contribution in [1.29, 1.82) is 10.5 Å². The molecule has 2 amide bonds. The molecule has 6 heteroatoms. The van der Waals surface area contributed by atoms with Crippen LogP contribution in [0.5, 0.6) is 0 Å². The molecule has 0 unspecified atom stereocenters. The van der Waals surface area contributed by atoms with E-state index in [1.165, 1.54) is 0 Å². The van der Waals surface area contributed by atoms with Crippen molar-refractivity contribution in [2.75, 3.05) is 13.1 Å². The van der Waals surface area contributed by atoms with E-state index in [1.54, 1.807) is 82.6 Å². The highest BCUT2D eigenvalue weighted by atomic mass is 16.2. The van der Waals surface area contributed by atoms with Crippen molar-refractivity contribution < 1.29 is 9.59 Å². The number of hydrogen-bond acceptors (Lipinski definition) is 4. The Hall–Kier alpha value is -4.42. The Morgan fingerprint density at radius 3 is 1.25 bits per heavy atom. The van der Waals surface area contributed by atoms with Gasteiger partial charge in [-0.15, -0.1) is 0 Å². The van der Waals surface area contributed by atoms with Crippen LogP contribution < -0.4 is 0 Å². The topological polar surface area (TPSA) is 88.2 Å². The molecule has 36 heavy (non-hydrogen) atoms. The summed E-state index contributed by atoms with van der Waals surface area (Å²) in [4.78, 5) is 29.5. The third-order valence-electron chi connectivity index (χ3n) is 5.93. The lowest BCUT2D eigenvalue weighted by atomic mass is 9.99. The zero-order chi connectivity index (χ0) is 25.9. The minimum atomic E-state index is -0.773. The number of rotatable bonds is 10. The summed E-state index contributed by atoms with van der Waals surface area (Å²) in [7, 11) is 0. The van der Waals surface area contributed by atoms with Gasteiger partial charge in [-0.25, -0.2) is 0 Å². The molecule has 0 aliphatic heterocycles. The highest BCUT2D eigenvalue weighted by molar-refractivity contribution is 5.95. The summed E-state index contributed by atoms with van der Waals surface area (Å²) >= 11 is 0. The summed E-state index contributed by atoms with van der Waals surface area (Å²) < 4.78 is 0. The molecule has 0 aliphatic rings. The molecular formula is C30H30N4O2. The number of nitrogens with zero attached hydrogens (tertiary/aromatic N) is 4. The molecule has 0 heterocycles. The van der Waals surface area contributed by atoms with Gasteiger partial charge in [-0.2, -0.15) is 10.5 Å². The number of hydrogen-bond donors (Lipinski definition) is 0. The average Bonchev–Trinajstić information content (AvgIpc) is 2.93. The predicted molar refractivity (Wildman–Crippen MR) is 139 cm³/mol. The second-order valence-corrected chi connectivity index (χ2v) is 8.46. The summed E-state index contributed by atoms with van der Waals surface area (Å²) in [6, 6.07) is 27.9. The van der Waals surface area contributed by atoms with Crippen LogP contribution in [0.2, 0.25) is 0 Å². The third-order valence-corrected chi connectivity index (χ3v) is 5.93. The van der Waals surface area contributed by atoms with E-state index in [9.17, 15) is 20.1 Å². The number of nitriles is 2. The van der Waals surface area contributed by atoms with Gasteiger partial charge < -0.3 is 9.80 Å². The molecule has 0 bridgehead atoms. The maximum Gasteiger partial charge on any atom is 0.255 e. The molecule has 0 N–H and O–H groups in total. The van der Waals surface area contributed by atoms with E-state index < -0.39 is 12.1 Å². The summed E-state index contributed by atoms with van der Waals surface area (Å²) in [5, 5.41) is 20.0. The van der Waals surface area contributed by atoms with Gasteiger partial charge in [-0.3, -0.25) is 9.59 Å². The second-order valence-electron chi connectivity index (χ2n) is 8.46. The van der Waals surface area contributed by atoms with Gasteiger partial charge in [-0.05, 0) is 48.2 Å². The highest BCUT2D eigenvalue weighted by Crippen LogP contribution is 2.27. The largest absolute Gasteiger partial charge is 0.319 e. The molecule has 3 rings (SSSR count). The van der Waals surface area contributed by atoms with Gasteiger partial charge >= 0.3 is 0 Å². The van der Waals surface area contributed by atoms with E-state index in [0.29, 0.717) is 48.2 Å². The van der Waals surface area contributed by atoms with Crippen molar-refractivity contribution in [1.82, 2.24) is 9.80 Å². The lowest BCUT2D eigenvalue weighted by Gasteiger charge is -2.29. The number of benzene rings is 3. The van der Waals surface area contributed by atoms with Crippen LogP contribution in [0, 0.1) is 22.7 Å². The number of carbonyl (C=O) groups excluding carboxylic acids is 2. The molecule has 0 aromatic heterocycles. The fourth-order valence-corrected chi connectivity index (χ4v) is 4.18. The normalized spacial score (nSPS) is 12.0. The molecule has 3 aromatic carbocycles. The van der Waals surface area contributed by atoms with Gasteiger partial charge in [-0.1, -0.05) is 74.5 Å². The monoisotopic (exact) mass is 478 g/mol. The predicted octanol–water partition coefficient (Wildman–Crippen LogP) is 5.92. The van der Waals surface area contributed by atoms with E-state index in [0.717, 1.165) is 0 Å². The fraction of sp³-hybridized carbons (Fsp3) is 0.267. The first-order valence-electron chi connectivity index (χ1n) is 12.2. The molecule has 0 fully saturated rings. The summed E-state index contributed by atoms with van der Waals surface area (Å²) in [6.07, 6.45) is 1.41. The summed E-state index contributed by atoms with van der Waals surface area (Å²) in [5.74, 6) is -0.406. The van der Waals surface area contributed by atoms with Gasteiger partial charge in [0.2, 0.25) is 0 Å². The minimum absolute atomic E-state index is 0.203. The molecule has 182 valence electrons. The minimum Gasteiger partial charge on any atom is -0.319 e. The first-order valence-corrected chi connectivity index (χ1v) is 12.2. The van der Waals surface area contributed by atoms with Crippen molar-refractivity contribution >= 4 is 11.8 Å². The molecule has 0 radical (unpaired) electrons. The Kier molecular flexibility index (Phi) is 9.37. The van der Waals surface area contributed by atoms with Crippen molar-refractivity contribution in [2.24, 2.45) is 0 Å². The highest BCUT2D eigenvalue weighted by Gasteiger charge is 2.28.